The average Bonchev–Trinajstić information content (AvgIpc) is 3.00. The molecule has 2 rings (SSSR count). The quantitative estimate of drug-likeness (QED) is 0.527. The summed E-state index contributed by atoms with van der Waals surface area (Å²) >= 11 is 1.90. The van der Waals surface area contributed by atoms with Gasteiger partial charge in [-0.2, -0.15) is 11.8 Å². The van der Waals surface area contributed by atoms with E-state index >= 15 is 0 Å². The lowest BCUT2D eigenvalue weighted by Gasteiger charge is -2.13. The van der Waals surface area contributed by atoms with Crippen molar-refractivity contribution in [3.63, 3.8) is 0 Å². The van der Waals surface area contributed by atoms with Crippen LogP contribution in [0, 0.1) is 11.3 Å². The van der Waals surface area contributed by atoms with Crippen LogP contribution in [0.4, 0.5) is 0 Å². The number of ketones is 1. The molecule has 0 bridgehead atoms. The number of thioether (sulfide) groups is 1. The van der Waals surface area contributed by atoms with Crippen LogP contribution < -0.4 is 0 Å². The largest absolute Gasteiger partial charge is 0.469 e. The second-order valence-electron chi connectivity index (χ2n) is 5.65. The van der Waals surface area contributed by atoms with Gasteiger partial charge in [0, 0.05) is 12.3 Å². The lowest BCUT2D eigenvalue weighted by Crippen LogP contribution is -2.14. The summed E-state index contributed by atoms with van der Waals surface area (Å²) < 4.78 is 4.73. The van der Waals surface area contributed by atoms with E-state index in [0.29, 0.717) is 18.1 Å². The minimum Gasteiger partial charge on any atom is -0.469 e. The highest BCUT2D eigenvalue weighted by molar-refractivity contribution is 7.99. The first kappa shape index (κ1) is 13.9. The van der Waals surface area contributed by atoms with Gasteiger partial charge in [-0.25, -0.2) is 0 Å². The Morgan fingerprint density at radius 2 is 2.28 bits per heavy atom. The van der Waals surface area contributed by atoms with Gasteiger partial charge in [-0.3, -0.25) is 9.59 Å². The van der Waals surface area contributed by atoms with Gasteiger partial charge in [0.05, 0.1) is 13.5 Å². The van der Waals surface area contributed by atoms with Crippen LogP contribution in [0.5, 0.6) is 0 Å². The Bertz CT molecular complexity index is 323. The molecule has 1 atom stereocenters. The van der Waals surface area contributed by atoms with Crippen LogP contribution in [0.1, 0.15) is 44.9 Å². The zero-order valence-corrected chi connectivity index (χ0v) is 11.9. The van der Waals surface area contributed by atoms with Gasteiger partial charge in [-0.1, -0.05) is 0 Å². The molecule has 0 aromatic heterocycles. The maximum atomic E-state index is 11.5. The van der Waals surface area contributed by atoms with Gasteiger partial charge < -0.3 is 4.74 Å². The smallest absolute Gasteiger partial charge is 0.306 e. The molecule has 0 spiro atoms. The standard InChI is InChI=1S/C14H22O3S/c1-17-13(16)9-14(6-7-14)10-18-8-5-11-3-2-4-12(11)15/h11H,2-10H2,1H3. The summed E-state index contributed by atoms with van der Waals surface area (Å²) in [7, 11) is 1.46. The number of rotatable bonds is 7. The molecule has 2 aliphatic rings. The number of esters is 1. The van der Waals surface area contributed by atoms with Crippen molar-refractivity contribution in [2.24, 2.45) is 11.3 Å². The van der Waals surface area contributed by atoms with Crippen molar-refractivity contribution in [1.29, 1.82) is 0 Å². The third kappa shape index (κ3) is 3.74. The fraction of sp³-hybridized carbons (Fsp3) is 0.857. The van der Waals surface area contributed by atoms with Crippen molar-refractivity contribution in [2.75, 3.05) is 18.6 Å². The van der Waals surface area contributed by atoms with Crippen LogP contribution in [-0.2, 0) is 14.3 Å². The minimum absolute atomic E-state index is 0.0842. The van der Waals surface area contributed by atoms with Crippen molar-refractivity contribution in [3.05, 3.63) is 0 Å². The molecule has 0 N–H and O–H groups in total. The van der Waals surface area contributed by atoms with Gasteiger partial charge in [0.25, 0.3) is 0 Å². The van der Waals surface area contributed by atoms with Gasteiger partial charge in [0.15, 0.2) is 0 Å². The van der Waals surface area contributed by atoms with Crippen molar-refractivity contribution >= 4 is 23.5 Å². The molecule has 0 amide bonds. The molecule has 0 heterocycles. The predicted molar refractivity (Wildman–Crippen MR) is 72.6 cm³/mol. The Morgan fingerprint density at radius 1 is 1.50 bits per heavy atom. The van der Waals surface area contributed by atoms with E-state index in [9.17, 15) is 9.59 Å². The van der Waals surface area contributed by atoms with Crippen LogP contribution >= 0.6 is 11.8 Å². The molecule has 4 heteroatoms. The van der Waals surface area contributed by atoms with Gasteiger partial charge in [0.2, 0.25) is 0 Å². The summed E-state index contributed by atoms with van der Waals surface area (Å²) in [5.74, 6) is 2.81. The highest BCUT2D eigenvalue weighted by Crippen LogP contribution is 2.51. The topological polar surface area (TPSA) is 43.4 Å². The summed E-state index contributed by atoms with van der Waals surface area (Å²) in [6.45, 7) is 0. The van der Waals surface area contributed by atoms with Crippen molar-refractivity contribution in [2.45, 2.75) is 44.9 Å². The first-order chi connectivity index (χ1) is 8.65. The van der Waals surface area contributed by atoms with Gasteiger partial charge >= 0.3 is 5.97 Å². The normalized spacial score (nSPS) is 25.2. The molecule has 2 fully saturated rings. The third-order valence-corrected chi connectivity index (χ3v) is 5.49. The second kappa shape index (κ2) is 6.09. The molecule has 0 radical (unpaired) electrons. The number of carbonyl (C=O) groups excluding carboxylic acids is 2. The number of ether oxygens (including phenoxy) is 1. The van der Waals surface area contributed by atoms with Gasteiger partial charge in [-0.15, -0.1) is 0 Å². The van der Waals surface area contributed by atoms with Crippen LogP contribution in [0.2, 0.25) is 0 Å². The summed E-state index contributed by atoms with van der Waals surface area (Å²) in [4.78, 5) is 22.8. The summed E-state index contributed by atoms with van der Waals surface area (Å²) in [6, 6.07) is 0. The number of carbonyl (C=O) groups is 2. The molecular formula is C14H22O3S. The van der Waals surface area contributed by atoms with Gasteiger partial charge in [-0.05, 0) is 49.0 Å². The average molecular weight is 270 g/mol. The Hall–Kier alpha value is -0.510. The molecule has 102 valence electrons. The van der Waals surface area contributed by atoms with Crippen molar-refractivity contribution in [1.82, 2.24) is 0 Å². The SMILES string of the molecule is COC(=O)CC1(CSCCC2CCCC2=O)CC1. The summed E-state index contributed by atoms with van der Waals surface area (Å²) in [5.41, 5.74) is 0.220. The van der Waals surface area contributed by atoms with Gasteiger partial charge in [0.1, 0.15) is 5.78 Å². The number of hydrogen-bond donors (Lipinski definition) is 0. The number of Topliss-reactive ketones (excluding diaryl/α,β-unsaturated/α-hetero) is 1. The Kier molecular flexibility index (Phi) is 4.71. The second-order valence-corrected chi connectivity index (χ2v) is 6.75. The van der Waals surface area contributed by atoms with E-state index in [-0.39, 0.29) is 11.4 Å². The molecule has 18 heavy (non-hydrogen) atoms. The van der Waals surface area contributed by atoms with E-state index in [1.165, 1.54) is 7.11 Å². The molecule has 0 aliphatic heterocycles. The zero-order chi connectivity index (χ0) is 13.0. The lowest BCUT2D eigenvalue weighted by atomic mass is 10.0. The fourth-order valence-corrected chi connectivity index (χ4v) is 4.05. The molecule has 1 unspecified atom stereocenters. The first-order valence-electron chi connectivity index (χ1n) is 6.82. The Morgan fingerprint density at radius 3 is 2.83 bits per heavy atom. The molecule has 0 saturated heterocycles. The molecule has 2 saturated carbocycles. The molecule has 0 aromatic carbocycles. The number of methoxy groups -OCH3 is 1. The molecular weight excluding hydrogens is 248 g/mol. The fourth-order valence-electron chi connectivity index (χ4n) is 2.63. The van der Waals surface area contributed by atoms with E-state index < -0.39 is 0 Å². The van der Waals surface area contributed by atoms with Crippen LogP contribution in [-0.4, -0.2) is 30.4 Å². The van der Waals surface area contributed by atoms with E-state index in [2.05, 4.69) is 0 Å². The first-order valence-corrected chi connectivity index (χ1v) is 7.98. The molecule has 0 aromatic rings. The maximum absolute atomic E-state index is 11.5. The predicted octanol–water partition coefficient (Wildman–Crippen LogP) is 2.82. The van der Waals surface area contributed by atoms with Crippen LogP contribution in [0.15, 0.2) is 0 Å². The monoisotopic (exact) mass is 270 g/mol. The molecule has 3 nitrogen and oxygen atoms in total. The van der Waals surface area contributed by atoms with E-state index in [4.69, 9.17) is 4.74 Å². The van der Waals surface area contributed by atoms with E-state index in [0.717, 1.165) is 50.0 Å². The highest BCUT2D eigenvalue weighted by atomic mass is 32.2. The zero-order valence-electron chi connectivity index (χ0n) is 11.1. The minimum atomic E-state index is -0.0842. The van der Waals surface area contributed by atoms with E-state index in [1.54, 1.807) is 0 Å². The molecule has 2 aliphatic carbocycles. The van der Waals surface area contributed by atoms with Crippen molar-refractivity contribution < 1.29 is 14.3 Å². The number of hydrogen-bond acceptors (Lipinski definition) is 4. The summed E-state index contributed by atoms with van der Waals surface area (Å²) in [6.07, 6.45) is 6.86. The Balaban J connectivity index is 1.60. The lowest BCUT2D eigenvalue weighted by molar-refractivity contribution is -0.141. The van der Waals surface area contributed by atoms with Crippen LogP contribution in [0.25, 0.3) is 0 Å². The maximum Gasteiger partial charge on any atom is 0.306 e. The van der Waals surface area contributed by atoms with Crippen LogP contribution in [0.3, 0.4) is 0 Å². The van der Waals surface area contributed by atoms with E-state index in [1.807, 2.05) is 11.8 Å². The Labute approximate surface area is 113 Å². The highest BCUT2D eigenvalue weighted by Gasteiger charge is 2.44. The summed E-state index contributed by atoms with van der Waals surface area (Å²) in [5, 5.41) is 0. The van der Waals surface area contributed by atoms with Crippen molar-refractivity contribution in [3.8, 4) is 0 Å². The third-order valence-electron chi connectivity index (χ3n) is 4.15.